The highest BCUT2D eigenvalue weighted by molar-refractivity contribution is 5.92. The predicted octanol–water partition coefficient (Wildman–Crippen LogP) is 0.276. The number of nitrogens with zero attached hydrogens (tertiary/aromatic N) is 2. The van der Waals surface area contributed by atoms with E-state index in [2.05, 4.69) is 0 Å². The highest BCUT2D eigenvalue weighted by atomic mass is 16.5. The number of aryl methyl sites for hydroxylation is 1. The third-order valence-electron chi connectivity index (χ3n) is 3.40. The second-order valence-corrected chi connectivity index (χ2v) is 4.86. The highest BCUT2D eigenvalue weighted by Gasteiger charge is 2.27. The second-order valence-electron chi connectivity index (χ2n) is 4.86. The molecule has 0 aliphatic carbocycles. The Balaban J connectivity index is 2.11. The summed E-state index contributed by atoms with van der Waals surface area (Å²) in [6.45, 7) is 2.72. The fourth-order valence-corrected chi connectivity index (χ4v) is 2.35. The van der Waals surface area contributed by atoms with Crippen LogP contribution in [0.15, 0.2) is 30.0 Å². The second kappa shape index (κ2) is 5.73. The van der Waals surface area contributed by atoms with E-state index in [1.165, 1.54) is 12.3 Å². The Bertz CT molecular complexity index is 551. The summed E-state index contributed by atoms with van der Waals surface area (Å²) >= 11 is 0. The monoisotopic (exact) mass is 275 g/mol. The minimum atomic E-state index is -0.462. The lowest BCUT2D eigenvalue weighted by atomic mass is 10.0. The number of carbonyl (C=O) groups is 2. The number of aromatic nitrogens is 1. The fourth-order valence-electron chi connectivity index (χ4n) is 2.35. The zero-order valence-electron chi connectivity index (χ0n) is 11.3. The van der Waals surface area contributed by atoms with Gasteiger partial charge in [0.2, 0.25) is 5.91 Å². The first-order chi connectivity index (χ1) is 9.49. The van der Waals surface area contributed by atoms with Crippen molar-refractivity contribution in [1.82, 2.24) is 4.90 Å². The molecule has 0 saturated carbocycles. The minimum absolute atomic E-state index is 0.162. The van der Waals surface area contributed by atoms with E-state index < -0.39 is 5.91 Å². The summed E-state index contributed by atoms with van der Waals surface area (Å²) in [6.07, 6.45) is 3.96. The number of hydrogen-bond acceptors (Lipinski definition) is 3. The first-order valence-corrected chi connectivity index (χ1v) is 6.46. The van der Waals surface area contributed by atoms with Gasteiger partial charge >= 0.3 is 5.91 Å². The molecule has 0 bridgehead atoms. The molecule has 20 heavy (non-hydrogen) atoms. The van der Waals surface area contributed by atoms with E-state index in [0.29, 0.717) is 36.2 Å². The van der Waals surface area contributed by atoms with Gasteiger partial charge in [0.25, 0.3) is 5.69 Å². The van der Waals surface area contributed by atoms with Gasteiger partial charge in [0, 0.05) is 30.8 Å². The Labute approximate surface area is 117 Å². The number of hydrogen-bond donors (Lipinski definition) is 1. The van der Waals surface area contributed by atoms with Crippen LogP contribution in [-0.4, -0.2) is 29.8 Å². The summed E-state index contributed by atoms with van der Waals surface area (Å²) in [5.41, 5.74) is 6.87. The first kappa shape index (κ1) is 14.0. The number of rotatable bonds is 2. The van der Waals surface area contributed by atoms with Gasteiger partial charge in [-0.3, -0.25) is 9.59 Å². The Hall–Kier alpha value is -2.37. The molecule has 1 aliphatic heterocycles. The Morgan fingerprint density at radius 3 is 2.60 bits per heavy atom. The summed E-state index contributed by atoms with van der Waals surface area (Å²) in [4.78, 5) is 24.8. The van der Waals surface area contributed by atoms with Crippen molar-refractivity contribution >= 4 is 11.8 Å². The zero-order valence-corrected chi connectivity index (χ0v) is 11.3. The zero-order chi connectivity index (χ0) is 14.7. The van der Waals surface area contributed by atoms with Crippen molar-refractivity contribution < 1.29 is 14.3 Å². The number of likely N-dealkylation sites (tertiary alicyclic amines) is 1. The molecule has 2 amide bonds. The van der Waals surface area contributed by atoms with Gasteiger partial charge < -0.3 is 15.8 Å². The van der Waals surface area contributed by atoms with Gasteiger partial charge in [0.15, 0.2) is 6.20 Å². The average molecular weight is 275 g/mol. The first-order valence-electron chi connectivity index (χ1n) is 6.46. The van der Waals surface area contributed by atoms with Crippen LogP contribution in [0.5, 0.6) is 0 Å². The van der Waals surface area contributed by atoms with Crippen LogP contribution < -0.4 is 10.5 Å². The molecular weight excluding hydrogens is 258 g/mol. The summed E-state index contributed by atoms with van der Waals surface area (Å²) < 4.78 is 0.604. The average Bonchev–Trinajstić information content (AvgIpc) is 2.38. The summed E-state index contributed by atoms with van der Waals surface area (Å²) in [6, 6.07) is 3.35. The van der Waals surface area contributed by atoms with Crippen LogP contribution in [0, 0.1) is 12.1 Å². The molecule has 0 atom stereocenters. The molecule has 0 unspecified atom stereocenters. The highest BCUT2D eigenvalue weighted by Crippen LogP contribution is 2.18. The fraction of sp³-hybridized carbons (Fsp3) is 0.357. The van der Waals surface area contributed by atoms with Crippen molar-refractivity contribution in [2.24, 2.45) is 5.73 Å². The van der Waals surface area contributed by atoms with Gasteiger partial charge in [-0.1, -0.05) is 5.57 Å². The lowest BCUT2D eigenvalue weighted by Crippen LogP contribution is -2.44. The molecule has 0 spiro atoms. The van der Waals surface area contributed by atoms with E-state index in [-0.39, 0.29) is 11.6 Å². The van der Waals surface area contributed by atoms with Crippen molar-refractivity contribution in [2.75, 3.05) is 13.1 Å². The Morgan fingerprint density at radius 1 is 1.40 bits per heavy atom. The molecule has 2 rings (SSSR count). The predicted molar refractivity (Wildman–Crippen MR) is 72.6 cm³/mol. The van der Waals surface area contributed by atoms with Crippen LogP contribution >= 0.6 is 0 Å². The van der Waals surface area contributed by atoms with Crippen molar-refractivity contribution in [3.05, 3.63) is 46.4 Å². The van der Waals surface area contributed by atoms with Crippen molar-refractivity contribution in [1.29, 1.82) is 0 Å². The lowest BCUT2D eigenvalue weighted by Gasteiger charge is -2.27. The maximum absolute atomic E-state index is 12.4. The van der Waals surface area contributed by atoms with E-state index >= 15 is 0 Å². The quantitative estimate of drug-likeness (QED) is 0.477. The van der Waals surface area contributed by atoms with E-state index in [4.69, 9.17) is 5.73 Å². The maximum Gasteiger partial charge on any atom is 0.320 e. The molecule has 6 nitrogen and oxygen atoms in total. The van der Waals surface area contributed by atoms with E-state index in [0.717, 1.165) is 5.57 Å². The number of nitrogens with two attached hydrogens (primary N) is 1. The molecule has 1 saturated heterocycles. The van der Waals surface area contributed by atoms with Crippen molar-refractivity contribution in [3.8, 4) is 0 Å². The van der Waals surface area contributed by atoms with E-state index in [1.807, 2.05) is 0 Å². The van der Waals surface area contributed by atoms with Gasteiger partial charge in [0.1, 0.15) is 0 Å². The SMILES string of the molecule is Cc1ccc[n+]([O-])c1C(=O)N1CCC(=CC(N)=O)CC1. The molecule has 1 aromatic heterocycles. The molecule has 0 aromatic carbocycles. The molecule has 106 valence electrons. The third kappa shape index (κ3) is 2.96. The maximum atomic E-state index is 12.4. The van der Waals surface area contributed by atoms with Crippen molar-refractivity contribution in [3.63, 3.8) is 0 Å². The van der Waals surface area contributed by atoms with Crippen LogP contribution in [0.1, 0.15) is 28.9 Å². The standard InChI is InChI=1S/C14H17N3O3/c1-10-3-2-6-17(20)13(10)14(19)16-7-4-11(5-8-16)9-12(15)18/h2-3,6,9H,4-5,7-8H2,1H3,(H2,15,18). The van der Waals surface area contributed by atoms with Crippen LogP contribution in [0.25, 0.3) is 0 Å². The molecule has 1 fully saturated rings. The molecular formula is C14H17N3O3. The van der Waals surface area contributed by atoms with Gasteiger partial charge in [-0.05, 0) is 25.8 Å². The molecule has 2 heterocycles. The largest absolute Gasteiger partial charge is 0.618 e. The van der Waals surface area contributed by atoms with Gasteiger partial charge in [-0.2, -0.15) is 4.73 Å². The van der Waals surface area contributed by atoms with E-state index in [9.17, 15) is 14.8 Å². The lowest BCUT2D eigenvalue weighted by molar-refractivity contribution is -0.608. The van der Waals surface area contributed by atoms with Gasteiger partial charge in [-0.15, -0.1) is 0 Å². The minimum Gasteiger partial charge on any atom is -0.618 e. The molecule has 6 heteroatoms. The summed E-state index contributed by atoms with van der Waals surface area (Å²) in [7, 11) is 0. The molecule has 1 aliphatic rings. The molecule has 2 N–H and O–H groups in total. The Kier molecular flexibility index (Phi) is 4.02. The Morgan fingerprint density at radius 2 is 2.05 bits per heavy atom. The van der Waals surface area contributed by atoms with Gasteiger partial charge in [0.05, 0.1) is 0 Å². The van der Waals surface area contributed by atoms with Crippen LogP contribution in [0.2, 0.25) is 0 Å². The van der Waals surface area contributed by atoms with Crippen molar-refractivity contribution in [2.45, 2.75) is 19.8 Å². The summed E-state index contributed by atoms with van der Waals surface area (Å²) in [5, 5.41) is 11.7. The number of carbonyl (C=O) groups excluding carboxylic acids is 2. The van der Waals surface area contributed by atoms with Crippen LogP contribution in [0.3, 0.4) is 0 Å². The normalized spacial score (nSPS) is 15.1. The topological polar surface area (TPSA) is 90.3 Å². The summed E-state index contributed by atoms with van der Waals surface area (Å²) in [5.74, 6) is -0.729. The molecule has 0 radical (unpaired) electrons. The van der Waals surface area contributed by atoms with Crippen LogP contribution in [-0.2, 0) is 4.79 Å². The number of piperidine rings is 1. The van der Waals surface area contributed by atoms with Crippen LogP contribution in [0.4, 0.5) is 0 Å². The van der Waals surface area contributed by atoms with E-state index in [1.54, 1.807) is 24.0 Å². The van der Waals surface area contributed by atoms with Gasteiger partial charge in [-0.25, -0.2) is 0 Å². The number of primary amides is 1. The number of pyridine rings is 1. The third-order valence-corrected chi connectivity index (χ3v) is 3.40. The smallest absolute Gasteiger partial charge is 0.320 e. The molecule has 1 aromatic rings. The number of amides is 2.